The second kappa shape index (κ2) is 3.39. The van der Waals surface area contributed by atoms with E-state index >= 15 is 0 Å². The predicted molar refractivity (Wildman–Crippen MR) is 61.4 cm³/mol. The molecule has 76 valence electrons. The Labute approximate surface area is 93.8 Å². The van der Waals surface area contributed by atoms with Gasteiger partial charge in [-0.1, -0.05) is 24.3 Å². The van der Waals surface area contributed by atoms with Gasteiger partial charge >= 0.3 is 0 Å². The van der Waals surface area contributed by atoms with E-state index < -0.39 is 0 Å². The van der Waals surface area contributed by atoms with Gasteiger partial charge < -0.3 is 4.74 Å². The lowest BCUT2D eigenvalue weighted by Gasteiger charge is -2.22. The van der Waals surface area contributed by atoms with Crippen LogP contribution in [0.15, 0.2) is 53.8 Å². The summed E-state index contributed by atoms with van der Waals surface area (Å²) in [5.74, 6) is 1.57. The topological polar surface area (TPSA) is 33.0 Å². The molecule has 0 aromatic heterocycles. The normalized spacial score (nSPS) is 16.8. The molecule has 2 heteroatoms. The lowest BCUT2D eigenvalue weighted by molar-refractivity contribution is 0.430. The van der Waals surface area contributed by atoms with E-state index in [1.54, 1.807) is 0 Å². The summed E-state index contributed by atoms with van der Waals surface area (Å²) in [4.78, 5) is 0. The monoisotopic (exact) mass is 207 g/mol. The van der Waals surface area contributed by atoms with Crippen LogP contribution in [-0.2, 0) is 0 Å². The molecule has 1 aromatic rings. The fraction of sp³-hybridized carbons (Fsp3) is 0.0714. The largest absolute Gasteiger partial charge is 0.456 e. The molecule has 0 unspecified atom stereocenters. The summed E-state index contributed by atoms with van der Waals surface area (Å²) < 4.78 is 5.77. The molecule has 1 aliphatic carbocycles. The van der Waals surface area contributed by atoms with Crippen molar-refractivity contribution in [2.75, 3.05) is 0 Å². The summed E-state index contributed by atoms with van der Waals surface area (Å²) in [6, 6.07) is 9.91. The third-order valence-electron chi connectivity index (χ3n) is 2.75. The van der Waals surface area contributed by atoms with E-state index in [1.807, 2.05) is 42.5 Å². The van der Waals surface area contributed by atoms with Crippen molar-refractivity contribution < 1.29 is 4.74 Å². The molecule has 16 heavy (non-hydrogen) atoms. The van der Waals surface area contributed by atoms with Gasteiger partial charge in [-0.25, -0.2) is 0 Å². The van der Waals surface area contributed by atoms with Crippen LogP contribution in [0.4, 0.5) is 0 Å². The van der Waals surface area contributed by atoms with E-state index in [1.165, 1.54) is 0 Å². The first-order valence-corrected chi connectivity index (χ1v) is 5.19. The van der Waals surface area contributed by atoms with Gasteiger partial charge in [0.1, 0.15) is 17.6 Å². The Hall–Kier alpha value is -2.27. The summed E-state index contributed by atoms with van der Waals surface area (Å²) in [6.07, 6.45) is 6.86. The number of ether oxygens (including phenoxy) is 1. The maximum Gasteiger partial charge on any atom is 0.136 e. The van der Waals surface area contributed by atoms with Gasteiger partial charge in [-0.15, -0.1) is 0 Å². The molecule has 0 radical (unpaired) electrons. The second-order valence-electron chi connectivity index (χ2n) is 3.71. The van der Waals surface area contributed by atoms with Gasteiger partial charge in [-0.2, -0.15) is 5.26 Å². The molecule has 0 saturated carbocycles. The molecule has 1 heterocycles. The smallest absolute Gasteiger partial charge is 0.136 e. The number of hydrogen-bond donors (Lipinski definition) is 0. The Morgan fingerprint density at radius 2 is 2.12 bits per heavy atom. The summed E-state index contributed by atoms with van der Waals surface area (Å²) in [6.45, 7) is 0. The number of rotatable bonds is 0. The molecule has 0 amide bonds. The van der Waals surface area contributed by atoms with Crippen molar-refractivity contribution in [3.8, 4) is 11.8 Å². The van der Waals surface area contributed by atoms with Crippen LogP contribution < -0.4 is 4.74 Å². The van der Waals surface area contributed by atoms with Crippen molar-refractivity contribution in [3.63, 3.8) is 0 Å². The summed E-state index contributed by atoms with van der Waals surface area (Å²) in [5.41, 5.74) is 2.47. The van der Waals surface area contributed by atoms with Crippen LogP contribution in [0.2, 0.25) is 0 Å². The number of para-hydroxylation sites is 1. The predicted octanol–water partition coefficient (Wildman–Crippen LogP) is 3.20. The fourth-order valence-corrected chi connectivity index (χ4v) is 2.00. The minimum absolute atomic E-state index is 0.698. The summed E-state index contributed by atoms with van der Waals surface area (Å²) >= 11 is 0. The summed E-state index contributed by atoms with van der Waals surface area (Å²) in [5, 5.41) is 9.25. The van der Waals surface area contributed by atoms with Gasteiger partial charge in [0.05, 0.1) is 5.57 Å². The molecule has 0 spiro atoms. The number of nitrogens with zero attached hydrogens (tertiary/aromatic N) is 1. The number of fused-ring (bicyclic) bond motifs is 2. The number of hydrogen-bond acceptors (Lipinski definition) is 2. The van der Waals surface area contributed by atoms with E-state index in [9.17, 15) is 5.26 Å². The van der Waals surface area contributed by atoms with Gasteiger partial charge in [0.15, 0.2) is 0 Å². The minimum Gasteiger partial charge on any atom is -0.456 e. The standard InChI is InChI=1S/C14H9NO/c15-9-12-10-5-1-3-7-13(10)16-14-8-4-2-6-11(12)14/h1-3,5-8H,4H2. The van der Waals surface area contributed by atoms with Crippen molar-refractivity contribution in [1.29, 1.82) is 5.26 Å². The molecular weight excluding hydrogens is 198 g/mol. The SMILES string of the molecule is N#CC1=C2C=CCC=C2Oc2ccccc21. The molecule has 1 aliphatic heterocycles. The molecule has 2 aliphatic rings. The highest BCUT2D eigenvalue weighted by Gasteiger charge is 2.23. The Bertz CT molecular complexity index is 585. The van der Waals surface area contributed by atoms with Crippen LogP contribution >= 0.6 is 0 Å². The average molecular weight is 207 g/mol. The lowest BCUT2D eigenvalue weighted by atomic mass is 9.93. The third-order valence-corrected chi connectivity index (χ3v) is 2.75. The first-order valence-electron chi connectivity index (χ1n) is 5.19. The van der Waals surface area contributed by atoms with Crippen molar-refractivity contribution in [2.45, 2.75) is 6.42 Å². The Kier molecular flexibility index (Phi) is 1.91. The van der Waals surface area contributed by atoms with Gasteiger partial charge in [0.25, 0.3) is 0 Å². The van der Waals surface area contributed by atoms with Crippen molar-refractivity contribution in [3.05, 3.63) is 59.4 Å². The van der Waals surface area contributed by atoms with Gasteiger partial charge in [-0.05, 0) is 24.6 Å². The average Bonchev–Trinajstić information content (AvgIpc) is 2.36. The van der Waals surface area contributed by atoms with Gasteiger partial charge in [-0.3, -0.25) is 0 Å². The highest BCUT2D eigenvalue weighted by molar-refractivity contribution is 5.88. The number of nitriles is 1. The molecule has 2 nitrogen and oxygen atoms in total. The zero-order valence-corrected chi connectivity index (χ0v) is 8.60. The van der Waals surface area contributed by atoms with Crippen LogP contribution in [0.5, 0.6) is 5.75 Å². The zero-order valence-electron chi connectivity index (χ0n) is 8.60. The first kappa shape index (κ1) is 8.99. The first-order chi connectivity index (χ1) is 7.90. The lowest BCUT2D eigenvalue weighted by Crippen LogP contribution is -2.09. The second-order valence-corrected chi connectivity index (χ2v) is 3.71. The Balaban J connectivity index is 2.30. The van der Waals surface area contributed by atoms with E-state index in [2.05, 4.69) is 6.07 Å². The van der Waals surface area contributed by atoms with E-state index in [-0.39, 0.29) is 0 Å². The van der Waals surface area contributed by atoms with E-state index in [0.29, 0.717) is 5.57 Å². The molecule has 0 saturated heterocycles. The molecule has 0 bridgehead atoms. The maximum absolute atomic E-state index is 9.25. The quantitative estimate of drug-likeness (QED) is 0.654. The molecule has 1 aromatic carbocycles. The number of benzene rings is 1. The van der Waals surface area contributed by atoms with Crippen LogP contribution in [-0.4, -0.2) is 0 Å². The van der Waals surface area contributed by atoms with E-state index in [0.717, 1.165) is 29.1 Å². The molecule has 0 atom stereocenters. The minimum atomic E-state index is 0.698. The van der Waals surface area contributed by atoms with Crippen molar-refractivity contribution in [2.24, 2.45) is 0 Å². The van der Waals surface area contributed by atoms with Gasteiger partial charge in [0.2, 0.25) is 0 Å². The molecular formula is C14H9NO. The zero-order chi connectivity index (χ0) is 11.0. The Morgan fingerprint density at radius 3 is 3.00 bits per heavy atom. The highest BCUT2D eigenvalue weighted by atomic mass is 16.5. The van der Waals surface area contributed by atoms with E-state index in [4.69, 9.17) is 4.74 Å². The van der Waals surface area contributed by atoms with Crippen molar-refractivity contribution >= 4 is 5.57 Å². The highest BCUT2D eigenvalue weighted by Crippen LogP contribution is 2.38. The number of allylic oxidation sites excluding steroid dienone is 4. The molecule has 0 N–H and O–H groups in total. The van der Waals surface area contributed by atoms with Crippen LogP contribution in [0.25, 0.3) is 5.57 Å². The Morgan fingerprint density at radius 1 is 1.25 bits per heavy atom. The van der Waals surface area contributed by atoms with Crippen LogP contribution in [0, 0.1) is 11.3 Å². The van der Waals surface area contributed by atoms with Crippen LogP contribution in [0.1, 0.15) is 12.0 Å². The maximum atomic E-state index is 9.25. The molecule has 0 fully saturated rings. The van der Waals surface area contributed by atoms with Crippen LogP contribution in [0.3, 0.4) is 0 Å². The summed E-state index contributed by atoms with van der Waals surface area (Å²) in [7, 11) is 0. The third kappa shape index (κ3) is 1.19. The van der Waals surface area contributed by atoms with Crippen molar-refractivity contribution in [1.82, 2.24) is 0 Å². The van der Waals surface area contributed by atoms with Gasteiger partial charge in [0, 0.05) is 11.1 Å². The fourth-order valence-electron chi connectivity index (χ4n) is 2.00. The molecule has 3 rings (SSSR count).